The Kier molecular flexibility index (Phi) is 5.04. The molecule has 0 bridgehead atoms. The molecule has 0 unspecified atom stereocenters. The van der Waals surface area contributed by atoms with Crippen LogP contribution < -0.4 is 5.56 Å². The first kappa shape index (κ1) is 18.4. The van der Waals surface area contributed by atoms with E-state index >= 15 is 0 Å². The summed E-state index contributed by atoms with van der Waals surface area (Å²) in [5.74, 6) is -0.173. The topological polar surface area (TPSA) is 85.0 Å². The second-order valence-corrected chi connectivity index (χ2v) is 6.61. The van der Waals surface area contributed by atoms with Crippen molar-refractivity contribution in [3.63, 3.8) is 0 Å². The van der Waals surface area contributed by atoms with Gasteiger partial charge < -0.3 is 4.74 Å². The summed E-state index contributed by atoms with van der Waals surface area (Å²) in [6.45, 7) is -0.331. The highest BCUT2D eigenvalue weighted by Gasteiger charge is 2.13. The first-order valence-electron chi connectivity index (χ1n) is 9.14. The van der Waals surface area contributed by atoms with E-state index in [1.54, 1.807) is 24.3 Å². The van der Waals surface area contributed by atoms with Gasteiger partial charge >= 0.3 is 5.97 Å². The SMILES string of the molecule is N#CCn1c(COC(=O)Cc2ccc3ccccc3c2)nc2ccccc2c1=O. The summed E-state index contributed by atoms with van der Waals surface area (Å²) in [4.78, 5) is 29.4. The number of nitriles is 1. The molecule has 0 spiro atoms. The second kappa shape index (κ2) is 7.95. The molecule has 0 N–H and O–H groups in total. The number of nitrogens with zero attached hydrogens (tertiary/aromatic N) is 3. The van der Waals surface area contributed by atoms with Crippen molar-refractivity contribution >= 4 is 27.6 Å². The molecule has 0 fully saturated rings. The number of ether oxygens (including phenoxy) is 1. The third-order valence-corrected chi connectivity index (χ3v) is 4.69. The number of aromatic nitrogens is 2. The predicted octanol–water partition coefficient (Wildman–Crippen LogP) is 3.36. The minimum Gasteiger partial charge on any atom is -0.457 e. The first-order chi connectivity index (χ1) is 14.2. The van der Waals surface area contributed by atoms with Crippen molar-refractivity contribution in [1.82, 2.24) is 9.55 Å². The van der Waals surface area contributed by atoms with Crippen LogP contribution in [0.3, 0.4) is 0 Å². The van der Waals surface area contributed by atoms with Gasteiger partial charge in [-0.25, -0.2) is 4.98 Å². The molecule has 0 aliphatic heterocycles. The molecule has 142 valence electrons. The van der Waals surface area contributed by atoms with Crippen LogP contribution >= 0.6 is 0 Å². The monoisotopic (exact) mass is 383 g/mol. The van der Waals surface area contributed by atoms with Crippen molar-refractivity contribution in [2.75, 3.05) is 0 Å². The Bertz CT molecular complexity index is 1320. The van der Waals surface area contributed by atoms with Crippen molar-refractivity contribution in [2.45, 2.75) is 19.6 Å². The third-order valence-electron chi connectivity index (χ3n) is 4.69. The number of benzene rings is 3. The summed E-state index contributed by atoms with van der Waals surface area (Å²) in [7, 11) is 0. The molecule has 0 aliphatic rings. The fourth-order valence-electron chi connectivity index (χ4n) is 3.27. The van der Waals surface area contributed by atoms with Crippen molar-refractivity contribution in [3.8, 4) is 6.07 Å². The summed E-state index contributed by atoms with van der Waals surface area (Å²) in [5.41, 5.74) is 1.03. The zero-order chi connectivity index (χ0) is 20.2. The molecule has 4 rings (SSSR count). The van der Waals surface area contributed by atoms with Crippen LogP contribution in [-0.2, 0) is 29.1 Å². The van der Waals surface area contributed by atoms with E-state index in [9.17, 15) is 9.59 Å². The van der Waals surface area contributed by atoms with E-state index in [1.165, 1.54) is 4.57 Å². The molecule has 0 aliphatic carbocycles. The van der Waals surface area contributed by atoms with Gasteiger partial charge in [0.15, 0.2) is 5.82 Å². The molecule has 0 saturated heterocycles. The van der Waals surface area contributed by atoms with Gasteiger partial charge in [0, 0.05) is 0 Å². The molecule has 6 heteroatoms. The molecule has 0 amide bonds. The molecule has 0 radical (unpaired) electrons. The smallest absolute Gasteiger partial charge is 0.310 e. The van der Waals surface area contributed by atoms with Crippen LogP contribution in [0.15, 0.2) is 71.5 Å². The molecule has 1 aromatic heterocycles. The Morgan fingerprint density at radius 2 is 1.79 bits per heavy atom. The molecule has 29 heavy (non-hydrogen) atoms. The highest BCUT2D eigenvalue weighted by Crippen LogP contribution is 2.16. The molecule has 3 aromatic carbocycles. The number of para-hydroxylation sites is 1. The van der Waals surface area contributed by atoms with E-state index in [0.717, 1.165) is 16.3 Å². The molecule has 4 aromatic rings. The maximum Gasteiger partial charge on any atom is 0.310 e. The number of rotatable bonds is 5. The minimum atomic E-state index is -0.425. The lowest BCUT2D eigenvalue weighted by Crippen LogP contribution is -2.26. The second-order valence-electron chi connectivity index (χ2n) is 6.61. The van der Waals surface area contributed by atoms with Crippen LogP contribution in [0.2, 0.25) is 0 Å². The van der Waals surface area contributed by atoms with E-state index in [2.05, 4.69) is 4.98 Å². The fourth-order valence-corrected chi connectivity index (χ4v) is 3.27. The molecule has 1 heterocycles. The van der Waals surface area contributed by atoms with Gasteiger partial charge in [-0.3, -0.25) is 14.2 Å². The predicted molar refractivity (Wildman–Crippen MR) is 109 cm³/mol. The number of esters is 1. The zero-order valence-electron chi connectivity index (χ0n) is 15.5. The van der Waals surface area contributed by atoms with Crippen LogP contribution in [-0.4, -0.2) is 15.5 Å². The number of fused-ring (bicyclic) bond motifs is 2. The van der Waals surface area contributed by atoms with Crippen LogP contribution in [0, 0.1) is 11.3 Å². The number of hydrogen-bond acceptors (Lipinski definition) is 5. The summed E-state index contributed by atoms with van der Waals surface area (Å²) in [6, 6.07) is 22.6. The lowest BCUT2D eigenvalue weighted by Gasteiger charge is -2.11. The Labute approximate surface area is 166 Å². The van der Waals surface area contributed by atoms with Crippen molar-refractivity contribution < 1.29 is 9.53 Å². The van der Waals surface area contributed by atoms with Crippen LogP contribution in [0.5, 0.6) is 0 Å². The highest BCUT2D eigenvalue weighted by atomic mass is 16.5. The molecular weight excluding hydrogens is 366 g/mol. The van der Waals surface area contributed by atoms with Crippen molar-refractivity contribution in [2.24, 2.45) is 0 Å². The van der Waals surface area contributed by atoms with Crippen molar-refractivity contribution in [3.05, 3.63) is 88.5 Å². The van der Waals surface area contributed by atoms with E-state index in [1.807, 2.05) is 48.5 Å². The quantitative estimate of drug-likeness (QED) is 0.493. The van der Waals surface area contributed by atoms with E-state index < -0.39 is 5.97 Å². The average Bonchev–Trinajstić information content (AvgIpc) is 2.74. The third kappa shape index (κ3) is 3.85. The molecule has 0 atom stereocenters. The lowest BCUT2D eigenvalue weighted by atomic mass is 10.1. The van der Waals surface area contributed by atoms with E-state index in [0.29, 0.717) is 10.9 Å². The molecule has 0 saturated carbocycles. The van der Waals surface area contributed by atoms with E-state index in [-0.39, 0.29) is 31.0 Å². The first-order valence-corrected chi connectivity index (χ1v) is 9.14. The van der Waals surface area contributed by atoms with Gasteiger partial charge in [-0.2, -0.15) is 5.26 Å². The number of carbonyl (C=O) groups is 1. The minimum absolute atomic E-state index is 0.112. The Hall–Kier alpha value is -3.98. The Morgan fingerprint density at radius 3 is 2.62 bits per heavy atom. The van der Waals surface area contributed by atoms with Crippen molar-refractivity contribution in [1.29, 1.82) is 5.26 Å². The van der Waals surface area contributed by atoms with Crippen LogP contribution in [0.1, 0.15) is 11.4 Å². The van der Waals surface area contributed by atoms with Crippen LogP contribution in [0.25, 0.3) is 21.7 Å². The summed E-state index contributed by atoms with van der Waals surface area (Å²) < 4.78 is 6.61. The van der Waals surface area contributed by atoms with Crippen LogP contribution in [0.4, 0.5) is 0 Å². The van der Waals surface area contributed by atoms with Gasteiger partial charge in [-0.1, -0.05) is 54.6 Å². The van der Waals surface area contributed by atoms with Gasteiger partial charge in [0.25, 0.3) is 5.56 Å². The highest BCUT2D eigenvalue weighted by molar-refractivity contribution is 5.84. The van der Waals surface area contributed by atoms with Gasteiger partial charge in [0.1, 0.15) is 13.2 Å². The zero-order valence-corrected chi connectivity index (χ0v) is 15.5. The fraction of sp³-hybridized carbons (Fsp3) is 0.130. The maximum absolute atomic E-state index is 12.6. The number of carbonyl (C=O) groups excluding carboxylic acids is 1. The molecular formula is C23H17N3O3. The van der Waals surface area contributed by atoms with Gasteiger partial charge in [-0.15, -0.1) is 0 Å². The largest absolute Gasteiger partial charge is 0.457 e. The Balaban J connectivity index is 1.54. The lowest BCUT2D eigenvalue weighted by molar-refractivity contribution is -0.144. The van der Waals surface area contributed by atoms with Gasteiger partial charge in [0.05, 0.1) is 23.4 Å². The normalized spacial score (nSPS) is 10.7. The van der Waals surface area contributed by atoms with E-state index in [4.69, 9.17) is 10.00 Å². The average molecular weight is 383 g/mol. The molecule has 6 nitrogen and oxygen atoms in total. The summed E-state index contributed by atoms with van der Waals surface area (Å²) in [5, 5.41) is 11.6. The summed E-state index contributed by atoms with van der Waals surface area (Å²) in [6.07, 6.45) is 0.112. The standard InChI is InChI=1S/C23H17N3O3/c24-11-12-26-21(25-20-8-4-3-7-19(20)23(26)28)15-29-22(27)14-16-9-10-17-5-1-2-6-18(17)13-16/h1-10,13H,12,14-15H2. The van der Waals surface area contributed by atoms with Gasteiger partial charge in [-0.05, 0) is 28.5 Å². The summed E-state index contributed by atoms with van der Waals surface area (Å²) >= 11 is 0. The number of hydrogen-bond donors (Lipinski definition) is 0. The van der Waals surface area contributed by atoms with Gasteiger partial charge in [0.2, 0.25) is 0 Å². The maximum atomic E-state index is 12.6. The Morgan fingerprint density at radius 1 is 1.03 bits per heavy atom.